The minimum Gasteiger partial charge on any atom is -0.473 e. The van der Waals surface area contributed by atoms with Crippen LogP contribution in [0, 0.1) is 22.0 Å². The highest BCUT2D eigenvalue weighted by molar-refractivity contribution is 14.1. The summed E-state index contributed by atoms with van der Waals surface area (Å²) in [6, 6.07) is 6.71. The third-order valence-electron chi connectivity index (χ3n) is 11.1. The number of nitrogens with zero attached hydrogens (tertiary/aromatic N) is 7. The lowest BCUT2D eigenvalue weighted by Crippen LogP contribution is -2.43. The number of esters is 1. The van der Waals surface area contributed by atoms with Crippen molar-refractivity contribution in [3.63, 3.8) is 0 Å². The first-order valence-electron chi connectivity index (χ1n) is 19.5. The molecule has 0 bridgehead atoms. The zero-order valence-electron chi connectivity index (χ0n) is 34.4. The van der Waals surface area contributed by atoms with Crippen LogP contribution in [0.15, 0.2) is 24.4 Å². The van der Waals surface area contributed by atoms with Crippen LogP contribution in [-0.4, -0.2) is 80.7 Å². The van der Waals surface area contributed by atoms with Crippen molar-refractivity contribution in [2.24, 2.45) is 7.05 Å². The Bertz CT molecular complexity index is 1960. The van der Waals surface area contributed by atoms with Crippen LogP contribution in [-0.2, 0) is 34.4 Å². The van der Waals surface area contributed by atoms with E-state index in [9.17, 15) is 4.79 Å². The minimum absolute atomic E-state index is 0.0757. The molecule has 4 heterocycles. The molecule has 4 aromatic rings. The first-order chi connectivity index (χ1) is 25.6. The van der Waals surface area contributed by atoms with Crippen molar-refractivity contribution in [2.75, 3.05) is 20.3 Å². The second-order valence-electron chi connectivity index (χ2n) is 16.0. The number of fused-ring (bicyclic) bond motifs is 1. The fourth-order valence-electron chi connectivity index (χ4n) is 8.19. The summed E-state index contributed by atoms with van der Waals surface area (Å²) < 4.78 is 24.6. The van der Waals surface area contributed by atoms with Crippen molar-refractivity contribution in [3.05, 3.63) is 45.0 Å². The molecular formula is C41H60IN7O4Si. The number of rotatable bonds is 14. The maximum atomic E-state index is 12.2. The Hall–Kier alpha value is -3.19. The number of carbonyl (C=O) groups is 1. The molecule has 3 aromatic heterocycles. The van der Waals surface area contributed by atoms with Crippen LogP contribution in [0.1, 0.15) is 105 Å². The highest BCUT2D eigenvalue weighted by atomic mass is 127. The molecule has 11 nitrogen and oxygen atoms in total. The lowest BCUT2D eigenvalue weighted by atomic mass is 10.1. The Labute approximate surface area is 336 Å². The second kappa shape index (κ2) is 17.7. The summed E-state index contributed by atoms with van der Waals surface area (Å²) in [5, 5.41) is 15.5. The van der Waals surface area contributed by atoms with Gasteiger partial charge in [-0.05, 0) is 104 Å². The largest absolute Gasteiger partial charge is 0.473 e. The highest BCUT2D eigenvalue weighted by Gasteiger charge is 2.42. The van der Waals surface area contributed by atoms with E-state index in [4.69, 9.17) is 19.3 Å². The van der Waals surface area contributed by atoms with E-state index in [1.165, 1.54) is 7.11 Å². The van der Waals surface area contributed by atoms with Crippen molar-refractivity contribution in [2.45, 2.75) is 137 Å². The normalized spacial score (nSPS) is 15.9. The van der Waals surface area contributed by atoms with Gasteiger partial charge in [-0.1, -0.05) is 53.5 Å². The molecule has 2 atom stereocenters. The fourth-order valence-corrected chi connectivity index (χ4v) is 13.9. The van der Waals surface area contributed by atoms with Crippen molar-refractivity contribution in [3.8, 4) is 28.5 Å². The van der Waals surface area contributed by atoms with Crippen LogP contribution >= 0.6 is 22.6 Å². The van der Waals surface area contributed by atoms with Crippen LogP contribution in [0.2, 0.25) is 16.6 Å². The standard InChI is InChI=1S/C41H60IN7O4Si/c1-26(2)47(24-37-40(42)31(10)44-48(37)25-39(50)51-12)23-30(9)53-41-34(22-43-46(41)11)32-16-17-36-33(21-32)35(45-49(36)38-15-13-14-19-52-38)18-20-54(27(3)4,28(5)6)29(7)8/h16-17,21-22,26-30,38H,13-15,19,23-25H2,1-12H3. The van der Waals surface area contributed by atoms with Gasteiger partial charge in [0.25, 0.3) is 0 Å². The Morgan fingerprint density at radius 1 is 1.07 bits per heavy atom. The Morgan fingerprint density at radius 2 is 1.78 bits per heavy atom. The van der Waals surface area contributed by atoms with E-state index in [1.807, 2.05) is 20.2 Å². The van der Waals surface area contributed by atoms with Gasteiger partial charge in [0.2, 0.25) is 5.88 Å². The molecular weight excluding hydrogens is 809 g/mol. The zero-order valence-corrected chi connectivity index (χ0v) is 37.5. The molecule has 1 saturated heterocycles. The van der Waals surface area contributed by atoms with E-state index < -0.39 is 8.07 Å². The fraction of sp³-hybridized carbons (Fsp3) is 0.610. The summed E-state index contributed by atoms with van der Waals surface area (Å²) in [6.07, 6.45) is 4.75. The number of hydrogen-bond donors (Lipinski definition) is 0. The van der Waals surface area contributed by atoms with Gasteiger partial charge in [-0.3, -0.25) is 14.4 Å². The van der Waals surface area contributed by atoms with Crippen LogP contribution in [0.4, 0.5) is 0 Å². The molecule has 0 aliphatic carbocycles. The molecule has 5 rings (SSSR count). The molecule has 1 aliphatic rings. The lowest BCUT2D eigenvalue weighted by Gasteiger charge is -2.38. The molecule has 1 aromatic carbocycles. The molecule has 1 aliphatic heterocycles. The van der Waals surface area contributed by atoms with Gasteiger partial charge >= 0.3 is 5.97 Å². The van der Waals surface area contributed by atoms with Crippen LogP contribution in [0.5, 0.6) is 5.88 Å². The van der Waals surface area contributed by atoms with E-state index in [0.717, 1.165) is 68.6 Å². The number of hydrogen-bond acceptors (Lipinski definition) is 8. The number of halogens is 1. The Kier molecular flexibility index (Phi) is 13.8. The summed E-state index contributed by atoms with van der Waals surface area (Å²) in [6.45, 7) is 24.6. The molecule has 294 valence electrons. The van der Waals surface area contributed by atoms with E-state index in [0.29, 0.717) is 35.6 Å². The minimum atomic E-state index is -2.00. The van der Waals surface area contributed by atoms with Crippen molar-refractivity contribution in [1.82, 2.24) is 34.2 Å². The van der Waals surface area contributed by atoms with Gasteiger partial charge in [0.05, 0.1) is 39.3 Å². The summed E-state index contributed by atoms with van der Waals surface area (Å²) in [5.41, 5.74) is 11.1. The molecule has 0 radical (unpaired) electrons. The van der Waals surface area contributed by atoms with Gasteiger partial charge in [-0.2, -0.15) is 15.3 Å². The van der Waals surface area contributed by atoms with Crippen molar-refractivity contribution in [1.29, 1.82) is 0 Å². The summed E-state index contributed by atoms with van der Waals surface area (Å²) in [7, 11) is 1.33. The second-order valence-corrected chi connectivity index (χ2v) is 22.7. The third kappa shape index (κ3) is 8.77. The van der Waals surface area contributed by atoms with E-state index in [1.54, 1.807) is 9.36 Å². The number of aromatic nitrogens is 6. The van der Waals surface area contributed by atoms with E-state index in [2.05, 4.69) is 134 Å². The van der Waals surface area contributed by atoms with E-state index in [-0.39, 0.29) is 30.9 Å². The van der Waals surface area contributed by atoms with Crippen LogP contribution in [0.3, 0.4) is 0 Å². The molecule has 0 N–H and O–H groups in total. The third-order valence-corrected chi connectivity index (χ3v) is 18.8. The summed E-state index contributed by atoms with van der Waals surface area (Å²) in [4.78, 5) is 14.5. The molecule has 2 unspecified atom stereocenters. The predicted molar refractivity (Wildman–Crippen MR) is 226 cm³/mol. The molecule has 13 heteroatoms. The van der Waals surface area contributed by atoms with Crippen molar-refractivity contribution < 1.29 is 19.0 Å². The van der Waals surface area contributed by atoms with Gasteiger partial charge < -0.3 is 14.2 Å². The smallest absolute Gasteiger partial charge is 0.327 e. The first-order valence-corrected chi connectivity index (χ1v) is 22.8. The average molecular weight is 870 g/mol. The van der Waals surface area contributed by atoms with Gasteiger partial charge in [-0.25, -0.2) is 9.36 Å². The SMILES string of the molecule is COC(=O)Cn1nc(C)c(I)c1CN(CC(C)Oc1c(-c2ccc3c(c2)c(C#C[Si](C(C)C)(C(C)C)C(C)C)nn3C2CCCCO2)cnn1C)C(C)C. The van der Waals surface area contributed by atoms with Gasteiger partial charge in [0, 0.05) is 38.2 Å². The molecule has 54 heavy (non-hydrogen) atoms. The predicted octanol–water partition coefficient (Wildman–Crippen LogP) is 8.67. The monoisotopic (exact) mass is 869 g/mol. The van der Waals surface area contributed by atoms with Gasteiger partial charge in [0.15, 0.2) is 6.23 Å². The Morgan fingerprint density at radius 3 is 2.39 bits per heavy atom. The molecule has 0 saturated carbocycles. The average Bonchev–Trinajstić information content (AvgIpc) is 3.76. The van der Waals surface area contributed by atoms with Crippen LogP contribution < -0.4 is 4.74 Å². The first kappa shape index (κ1) is 42.0. The highest BCUT2D eigenvalue weighted by Crippen LogP contribution is 2.41. The number of aryl methyl sites for hydroxylation is 2. The quantitative estimate of drug-likeness (QED) is 0.0538. The maximum Gasteiger partial charge on any atom is 0.327 e. The lowest BCUT2D eigenvalue weighted by molar-refractivity contribution is -0.141. The number of methoxy groups -OCH3 is 1. The number of carbonyl (C=O) groups excluding carboxylic acids is 1. The number of benzene rings is 1. The van der Waals surface area contributed by atoms with E-state index >= 15 is 0 Å². The Balaban J connectivity index is 1.48. The van der Waals surface area contributed by atoms with Gasteiger partial charge in [0.1, 0.15) is 26.4 Å². The molecule has 0 amide bonds. The molecule has 1 fully saturated rings. The van der Waals surface area contributed by atoms with Crippen molar-refractivity contribution >= 4 is 47.5 Å². The summed E-state index contributed by atoms with van der Waals surface area (Å²) >= 11 is 2.32. The van der Waals surface area contributed by atoms with Gasteiger partial charge in [-0.15, -0.1) is 5.54 Å². The van der Waals surface area contributed by atoms with Crippen LogP contribution in [0.25, 0.3) is 22.0 Å². The molecule has 0 spiro atoms. The zero-order chi connectivity index (χ0) is 39.5. The summed E-state index contributed by atoms with van der Waals surface area (Å²) in [5.74, 6) is 4.05. The maximum absolute atomic E-state index is 12.2. The topological polar surface area (TPSA) is 101 Å². The number of ether oxygens (including phenoxy) is 3.